The Kier molecular flexibility index (Phi) is 4.31. The van der Waals surface area contributed by atoms with Crippen LogP contribution in [0, 0.1) is 3.70 Å². The third kappa shape index (κ3) is 2.73. The Balaban J connectivity index is 3.30. The van der Waals surface area contributed by atoms with E-state index in [1.54, 1.807) is 0 Å². The van der Waals surface area contributed by atoms with Crippen LogP contribution in [0.2, 0.25) is 5.02 Å². The summed E-state index contributed by atoms with van der Waals surface area (Å²) in [6.07, 6.45) is -2.58. The summed E-state index contributed by atoms with van der Waals surface area (Å²) in [6, 6.07) is 1.43. The highest BCUT2D eigenvalue weighted by molar-refractivity contribution is 14.1. The minimum Gasteiger partial charge on any atom is -0.245 e. The molecule has 0 atom stereocenters. The van der Waals surface area contributed by atoms with Gasteiger partial charge < -0.3 is 0 Å². The maximum absolute atomic E-state index is 12.5. The summed E-state index contributed by atoms with van der Waals surface area (Å²) in [6.45, 7) is 0. The summed E-state index contributed by atoms with van der Waals surface area (Å²) in [4.78, 5) is 3.95. The molecule has 0 N–H and O–H groups in total. The average Bonchev–Trinajstić information content (AvgIpc) is 2.01. The molecule has 1 aromatic heterocycles. The third-order valence-electron chi connectivity index (χ3n) is 1.40. The second-order valence-electron chi connectivity index (χ2n) is 2.22. The molecule has 0 aliphatic rings. The lowest BCUT2D eigenvalue weighted by atomic mass is 10.2. The van der Waals surface area contributed by atoms with E-state index in [0.717, 1.165) is 0 Å². The molecular formula is C7H4BrClF2IN. The fraction of sp³-hybridized carbons (Fsp3) is 0.286. The Morgan fingerprint density at radius 2 is 2.23 bits per heavy atom. The first kappa shape index (κ1) is 11.6. The number of pyridine rings is 1. The highest BCUT2D eigenvalue weighted by atomic mass is 127. The van der Waals surface area contributed by atoms with Crippen LogP contribution < -0.4 is 0 Å². The van der Waals surface area contributed by atoms with Gasteiger partial charge in [0.1, 0.15) is 3.70 Å². The Morgan fingerprint density at radius 1 is 1.62 bits per heavy atom. The van der Waals surface area contributed by atoms with Gasteiger partial charge in [0.25, 0.3) is 6.43 Å². The zero-order valence-corrected chi connectivity index (χ0v) is 10.7. The quantitative estimate of drug-likeness (QED) is 0.425. The zero-order chi connectivity index (χ0) is 10.0. The van der Waals surface area contributed by atoms with Gasteiger partial charge in [-0.2, -0.15) is 0 Å². The Hall–Kier alpha value is 0.510. The molecule has 0 spiro atoms. The van der Waals surface area contributed by atoms with Gasteiger partial charge in [-0.05, 0) is 28.7 Å². The molecule has 1 heterocycles. The average molecular weight is 382 g/mol. The van der Waals surface area contributed by atoms with Crippen molar-refractivity contribution < 1.29 is 8.78 Å². The summed E-state index contributed by atoms with van der Waals surface area (Å²) in [5, 5.41) is 0.354. The molecule has 72 valence electrons. The molecular weight excluding hydrogens is 378 g/mol. The van der Waals surface area contributed by atoms with Gasteiger partial charge in [0.15, 0.2) is 0 Å². The standard InChI is InChI=1S/C7H4BrClF2IN/c8-2-4-6(7(10)11)3(9)1-5(12)13-4/h1,7H,2H2. The van der Waals surface area contributed by atoms with Gasteiger partial charge in [-0.25, -0.2) is 13.8 Å². The normalized spacial score (nSPS) is 10.9. The Bertz CT molecular complexity index is 322. The maximum Gasteiger partial charge on any atom is 0.267 e. The number of nitrogens with zero attached hydrogens (tertiary/aromatic N) is 1. The molecule has 13 heavy (non-hydrogen) atoms. The van der Waals surface area contributed by atoms with Crippen molar-refractivity contribution in [3.63, 3.8) is 0 Å². The largest absolute Gasteiger partial charge is 0.267 e. The van der Waals surface area contributed by atoms with Crippen LogP contribution in [0.3, 0.4) is 0 Å². The summed E-state index contributed by atoms with van der Waals surface area (Å²) in [5.41, 5.74) is 0.117. The van der Waals surface area contributed by atoms with Gasteiger partial charge >= 0.3 is 0 Å². The van der Waals surface area contributed by atoms with Crippen molar-refractivity contribution in [1.29, 1.82) is 0 Å². The monoisotopic (exact) mass is 381 g/mol. The van der Waals surface area contributed by atoms with Crippen molar-refractivity contribution in [1.82, 2.24) is 4.98 Å². The minimum absolute atomic E-state index is 0.0730. The highest BCUT2D eigenvalue weighted by Gasteiger charge is 2.18. The molecule has 0 unspecified atom stereocenters. The molecule has 1 rings (SSSR count). The van der Waals surface area contributed by atoms with Crippen LogP contribution in [0.1, 0.15) is 17.7 Å². The summed E-state index contributed by atoms with van der Waals surface area (Å²) in [7, 11) is 0. The lowest BCUT2D eigenvalue weighted by Gasteiger charge is -2.07. The molecule has 1 nitrogen and oxygen atoms in total. The van der Waals surface area contributed by atoms with Gasteiger partial charge in [0.2, 0.25) is 0 Å². The van der Waals surface area contributed by atoms with Crippen LogP contribution in [0.4, 0.5) is 8.78 Å². The highest BCUT2D eigenvalue weighted by Crippen LogP contribution is 2.31. The van der Waals surface area contributed by atoms with Gasteiger partial charge in [0.05, 0.1) is 16.3 Å². The van der Waals surface area contributed by atoms with Crippen LogP contribution >= 0.6 is 50.1 Å². The van der Waals surface area contributed by atoms with Gasteiger partial charge in [-0.1, -0.05) is 27.5 Å². The molecule has 0 aliphatic heterocycles. The first-order valence-electron chi connectivity index (χ1n) is 3.25. The minimum atomic E-state index is -2.58. The first-order chi connectivity index (χ1) is 6.06. The van der Waals surface area contributed by atoms with E-state index in [-0.39, 0.29) is 15.9 Å². The van der Waals surface area contributed by atoms with E-state index in [9.17, 15) is 8.78 Å². The number of alkyl halides is 3. The third-order valence-corrected chi connectivity index (χ3v) is 2.80. The van der Waals surface area contributed by atoms with E-state index < -0.39 is 6.43 Å². The smallest absolute Gasteiger partial charge is 0.245 e. The SMILES string of the molecule is FC(F)c1c(Cl)cc(I)nc1CBr. The van der Waals surface area contributed by atoms with Crippen molar-refractivity contribution in [2.75, 3.05) is 0 Å². The molecule has 6 heteroatoms. The van der Waals surface area contributed by atoms with Crippen LogP contribution in [0.25, 0.3) is 0 Å². The van der Waals surface area contributed by atoms with Crippen molar-refractivity contribution in [2.45, 2.75) is 11.8 Å². The second-order valence-corrected chi connectivity index (χ2v) is 4.29. The van der Waals surface area contributed by atoms with Gasteiger partial charge in [-0.15, -0.1) is 0 Å². The van der Waals surface area contributed by atoms with Crippen LogP contribution in [0.5, 0.6) is 0 Å². The van der Waals surface area contributed by atoms with Crippen LogP contribution in [-0.2, 0) is 5.33 Å². The lowest BCUT2D eigenvalue weighted by molar-refractivity contribution is 0.150. The van der Waals surface area contributed by atoms with Crippen molar-refractivity contribution in [2.24, 2.45) is 0 Å². The molecule has 0 bridgehead atoms. The van der Waals surface area contributed by atoms with Crippen LogP contribution in [-0.4, -0.2) is 4.98 Å². The fourth-order valence-corrected chi connectivity index (χ4v) is 2.38. The molecule has 0 saturated carbocycles. The van der Waals surface area contributed by atoms with Crippen molar-refractivity contribution >= 4 is 50.1 Å². The Morgan fingerprint density at radius 3 is 2.69 bits per heavy atom. The van der Waals surface area contributed by atoms with Gasteiger partial charge in [-0.3, -0.25) is 0 Å². The molecule has 0 aromatic carbocycles. The summed E-state index contributed by atoms with van der Waals surface area (Å²) >= 11 is 10.7. The summed E-state index contributed by atoms with van der Waals surface area (Å²) in [5.74, 6) is 0. The van der Waals surface area contributed by atoms with Crippen LogP contribution in [0.15, 0.2) is 6.07 Å². The van der Waals surface area contributed by atoms with E-state index in [0.29, 0.717) is 9.39 Å². The number of hydrogen-bond acceptors (Lipinski definition) is 1. The first-order valence-corrected chi connectivity index (χ1v) is 5.83. The topological polar surface area (TPSA) is 12.9 Å². The molecule has 1 aromatic rings. The van der Waals surface area contributed by atoms with Crippen molar-refractivity contribution in [3.8, 4) is 0 Å². The molecule has 0 amide bonds. The van der Waals surface area contributed by atoms with E-state index in [2.05, 4.69) is 20.9 Å². The summed E-state index contributed by atoms with van der Waals surface area (Å²) < 4.78 is 25.5. The number of rotatable bonds is 2. The Labute approximate surface area is 101 Å². The molecule has 0 saturated heterocycles. The zero-order valence-electron chi connectivity index (χ0n) is 6.20. The lowest BCUT2D eigenvalue weighted by Crippen LogP contribution is -1.99. The van der Waals surface area contributed by atoms with E-state index >= 15 is 0 Å². The number of hydrogen-bond donors (Lipinski definition) is 0. The molecule has 0 aliphatic carbocycles. The van der Waals surface area contributed by atoms with E-state index in [1.807, 2.05) is 22.6 Å². The molecule has 0 fully saturated rings. The molecule has 0 radical (unpaired) electrons. The predicted octanol–water partition coefficient (Wildman–Crippen LogP) is 4.17. The second kappa shape index (κ2) is 4.84. The number of halogens is 5. The van der Waals surface area contributed by atoms with Crippen molar-refractivity contribution in [3.05, 3.63) is 26.0 Å². The number of aromatic nitrogens is 1. The van der Waals surface area contributed by atoms with E-state index in [1.165, 1.54) is 6.07 Å². The fourth-order valence-electron chi connectivity index (χ4n) is 0.874. The maximum atomic E-state index is 12.5. The predicted molar refractivity (Wildman–Crippen MR) is 59.6 cm³/mol. The van der Waals surface area contributed by atoms with E-state index in [4.69, 9.17) is 11.6 Å². The van der Waals surface area contributed by atoms with Gasteiger partial charge in [0, 0.05) is 5.33 Å².